The minimum absolute atomic E-state index is 0.00193. The first-order valence-corrected chi connectivity index (χ1v) is 8.68. The summed E-state index contributed by atoms with van der Waals surface area (Å²) in [5.41, 5.74) is 3.54. The Morgan fingerprint density at radius 1 is 1.19 bits per heavy atom. The number of non-ortho nitro benzene ring substituents is 1. The molecule has 2 heterocycles. The van der Waals surface area contributed by atoms with Gasteiger partial charge in [0.25, 0.3) is 5.69 Å². The number of benzene rings is 2. The van der Waals surface area contributed by atoms with Gasteiger partial charge in [0.1, 0.15) is 0 Å². The van der Waals surface area contributed by atoms with Crippen molar-refractivity contribution in [1.82, 2.24) is 4.98 Å². The number of hydrogen-bond acceptors (Lipinski definition) is 4. The van der Waals surface area contributed by atoms with Gasteiger partial charge < -0.3 is 0 Å². The van der Waals surface area contributed by atoms with Crippen LogP contribution in [0.1, 0.15) is 18.4 Å². The zero-order valence-corrected chi connectivity index (χ0v) is 14.2. The van der Waals surface area contributed by atoms with E-state index in [0.29, 0.717) is 13.0 Å². The maximum Gasteiger partial charge on any atom is 0.270 e. The van der Waals surface area contributed by atoms with Gasteiger partial charge in [0.2, 0.25) is 6.04 Å². The van der Waals surface area contributed by atoms with E-state index < -0.39 is 4.92 Å². The molecule has 130 valence electrons. The summed E-state index contributed by atoms with van der Waals surface area (Å²) in [6.07, 6.45) is 4.23. The van der Waals surface area contributed by atoms with Crippen molar-refractivity contribution in [2.75, 3.05) is 6.54 Å². The van der Waals surface area contributed by atoms with Gasteiger partial charge in [0.05, 0.1) is 10.4 Å². The van der Waals surface area contributed by atoms with E-state index in [1.54, 1.807) is 18.3 Å². The third-order valence-electron chi connectivity index (χ3n) is 4.93. The lowest BCUT2D eigenvalue weighted by Crippen LogP contribution is -2.19. The Kier molecular flexibility index (Phi) is 4.16. The van der Waals surface area contributed by atoms with E-state index in [0.717, 1.165) is 40.4 Å². The largest absolute Gasteiger partial charge is 0.270 e. The Bertz CT molecular complexity index is 1020. The van der Waals surface area contributed by atoms with E-state index in [1.807, 2.05) is 24.3 Å². The predicted molar refractivity (Wildman–Crippen MR) is 99.1 cm³/mol. The molecule has 1 saturated heterocycles. The second-order valence-corrected chi connectivity index (χ2v) is 6.67. The van der Waals surface area contributed by atoms with E-state index in [1.165, 1.54) is 10.8 Å². The number of rotatable bonds is 4. The van der Waals surface area contributed by atoms with Gasteiger partial charge >= 0.3 is 0 Å². The van der Waals surface area contributed by atoms with Crippen LogP contribution in [0, 0.1) is 15.0 Å². The molecule has 3 aromatic rings. The van der Waals surface area contributed by atoms with Crippen molar-refractivity contribution in [3.05, 3.63) is 75.3 Å². The molecule has 1 aliphatic heterocycles. The fraction of sp³-hybridized carbons (Fsp3) is 0.250. The standard InChI is InChI=1S/C20H18N3O3/c24-22-9-3-7-17(22)11-14-10-16-5-2-8-21-20(16)19(12-14)15-4-1-6-18(13-15)23(25)26/h1-2,4-6,8,10,12-13,17H,3,7,9,11H2/q+1. The van der Waals surface area contributed by atoms with Crippen LogP contribution < -0.4 is 0 Å². The molecule has 2 aromatic carbocycles. The first-order valence-electron chi connectivity index (χ1n) is 8.68. The van der Waals surface area contributed by atoms with Crippen LogP contribution in [-0.4, -0.2) is 27.3 Å². The van der Waals surface area contributed by atoms with Crippen molar-refractivity contribution < 1.29 is 9.68 Å². The van der Waals surface area contributed by atoms with Crippen molar-refractivity contribution in [3.63, 3.8) is 0 Å². The highest BCUT2D eigenvalue weighted by molar-refractivity contribution is 5.94. The van der Waals surface area contributed by atoms with Crippen LogP contribution in [0.25, 0.3) is 22.0 Å². The van der Waals surface area contributed by atoms with Crippen molar-refractivity contribution >= 4 is 16.6 Å². The SMILES string of the molecule is O=[N+]([O-])c1cccc(-c2cc(CC3CCC[N+]3=O)cc3cccnc23)c1. The van der Waals surface area contributed by atoms with Crippen LogP contribution in [0.5, 0.6) is 0 Å². The van der Waals surface area contributed by atoms with Crippen LogP contribution in [-0.2, 0) is 6.42 Å². The van der Waals surface area contributed by atoms with Crippen molar-refractivity contribution in [2.45, 2.75) is 25.3 Å². The summed E-state index contributed by atoms with van der Waals surface area (Å²) in [5.74, 6) is 0. The fourth-order valence-electron chi connectivity index (χ4n) is 3.66. The smallest absolute Gasteiger partial charge is 0.258 e. The van der Waals surface area contributed by atoms with E-state index in [2.05, 4.69) is 11.1 Å². The molecule has 0 bridgehead atoms. The summed E-state index contributed by atoms with van der Waals surface area (Å²) in [6, 6.07) is 14.5. The van der Waals surface area contributed by atoms with Gasteiger partial charge in [0, 0.05) is 58.2 Å². The van der Waals surface area contributed by atoms with Crippen LogP contribution in [0.2, 0.25) is 0 Å². The number of nitro groups is 1. The number of pyridine rings is 1. The second kappa shape index (κ2) is 6.63. The molecule has 0 radical (unpaired) electrons. The number of nitroso groups, excluding NO2 is 1. The normalized spacial score (nSPS) is 16.9. The highest BCUT2D eigenvalue weighted by atomic mass is 16.6. The number of nitrogens with zero attached hydrogens (tertiary/aromatic N) is 3. The van der Waals surface area contributed by atoms with Gasteiger partial charge in [-0.15, -0.1) is 0 Å². The Balaban J connectivity index is 1.83. The van der Waals surface area contributed by atoms with E-state index in [-0.39, 0.29) is 11.7 Å². The number of nitro benzene ring substituents is 1. The van der Waals surface area contributed by atoms with Crippen molar-refractivity contribution in [1.29, 1.82) is 0 Å². The topological polar surface area (TPSA) is 76.1 Å². The first kappa shape index (κ1) is 16.3. The van der Waals surface area contributed by atoms with Gasteiger partial charge in [0.15, 0.2) is 6.54 Å². The molecule has 6 heteroatoms. The summed E-state index contributed by atoms with van der Waals surface area (Å²) in [5, 5.41) is 12.1. The average Bonchev–Trinajstić information content (AvgIpc) is 3.06. The highest BCUT2D eigenvalue weighted by Gasteiger charge is 2.31. The van der Waals surface area contributed by atoms with Gasteiger partial charge in [-0.3, -0.25) is 15.1 Å². The minimum Gasteiger partial charge on any atom is -0.258 e. The molecule has 0 N–H and O–H groups in total. The summed E-state index contributed by atoms with van der Waals surface area (Å²) in [4.78, 5) is 27.2. The van der Waals surface area contributed by atoms with Crippen LogP contribution >= 0.6 is 0 Å². The van der Waals surface area contributed by atoms with Gasteiger partial charge in [-0.05, 0) is 29.3 Å². The maximum atomic E-state index is 11.9. The van der Waals surface area contributed by atoms with Gasteiger partial charge in [-0.25, -0.2) is 0 Å². The molecule has 4 rings (SSSR count). The molecule has 1 unspecified atom stereocenters. The third kappa shape index (κ3) is 3.06. The molecule has 1 aliphatic rings. The zero-order valence-electron chi connectivity index (χ0n) is 14.2. The molecule has 0 aliphatic carbocycles. The van der Waals surface area contributed by atoms with Crippen LogP contribution in [0.15, 0.2) is 54.7 Å². The van der Waals surface area contributed by atoms with Gasteiger partial charge in [-0.1, -0.05) is 18.2 Å². The number of aromatic nitrogens is 1. The Morgan fingerprint density at radius 3 is 2.85 bits per heavy atom. The summed E-state index contributed by atoms with van der Waals surface area (Å²) in [6.45, 7) is 0.595. The zero-order chi connectivity index (χ0) is 18.1. The minimum atomic E-state index is -0.392. The molecular weight excluding hydrogens is 330 g/mol. The molecule has 1 aromatic heterocycles. The molecule has 0 amide bonds. The van der Waals surface area contributed by atoms with E-state index >= 15 is 0 Å². The Labute approximate surface area is 150 Å². The molecule has 6 nitrogen and oxygen atoms in total. The van der Waals surface area contributed by atoms with Gasteiger partial charge in [-0.2, -0.15) is 0 Å². The fourth-order valence-corrected chi connectivity index (χ4v) is 3.66. The molecule has 1 fully saturated rings. The van der Waals surface area contributed by atoms with Crippen LogP contribution in [0.3, 0.4) is 0 Å². The highest BCUT2D eigenvalue weighted by Crippen LogP contribution is 2.32. The van der Waals surface area contributed by atoms with Crippen molar-refractivity contribution in [3.8, 4) is 11.1 Å². The van der Waals surface area contributed by atoms with Crippen LogP contribution in [0.4, 0.5) is 5.69 Å². The lowest BCUT2D eigenvalue weighted by Gasteiger charge is -2.10. The lowest BCUT2D eigenvalue weighted by atomic mass is 9.95. The summed E-state index contributed by atoms with van der Waals surface area (Å²) in [7, 11) is 0. The molecule has 26 heavy (non-hydrogen) atoms. The predicted octanol–water partition coefficient (Wildman–Crippen LogP) is 4.29. The van der Waals surface area contributed by atoms with E-state index in [9.17, 15) is 15.0 Å². The van der Waals surface area contributed by atoms with Crippen molar-refractivity contribution in [2.24, 2.45) is 0 Å². The summed E-state index contributed by atoms with van der Waals surface area (Å²) < 4.78 is 1.17. The number of hydrogen-bond donors (Lipinski definition) is 0. The Hall–Kier alpha value is -3.15. The Morgan fingerprint density at radius 2 is 2.08 bits per heavy atom. The monoisotopic (exact) mass is 348 g/mol. The molecule has 1 atom stereocenters. The number of fused-ring (bicyclic) bond motifs is 1. The maximum absolute atomic E-state index is 11.9. The average molecular weight is 348 g/mol. The molecule has 0 spiro atoms. The summed E-state index contributed by atoms with van der Waals surface area (Å²) >= 11 is 0. The van der Waals surface area contributed by atoms with E-state index in [4.69, 9.17) is 0 Å². The molecular formula is C20H18N3O3+. The third-order valence-corrected chi connectivity index (χ3v) is 4.93. The second-order valence-electron chi connectivity index (χ2n) is 6.67. The molecule has 0 saturated carbocycles. The lowest BCUT2D eigenvalue weighted by molar-refractivity contribution is -0.564. The first-order chi connectivity index (χ1) is 12.6. The quantitative estimate of drug-likeness (QED) is 0.400.